The molecule has 2 rings (SSSR count). The zero-order valence-electron chi connectivity index (χ0n) is 11.6. The molecule has 2 aromatic rings. The first-order valence-electron chi connectivity index (χ1n) is 6.49. The second-order valence-electron chi connectivity index (χ2n) is 4.34. The number of amides is 1. The fourth-order valence-electron chi connectivity index (χ4n) is 1.65. The van der Waals surface area contributed by atoms with Gasteiger partial charge in [0.2, 0.25) is 0 Å². The lowest BCUT2D eigenvalue weighted by Crippen LogP contribution is -2.24. The van der Waals surface area contributed by atoms with E-state index in [0.29, 0.717) is 17.4 Å². The molecule has 110 valence electrons. The Morgan fingerprint density at radius 1 is 1.32 bits per heavy atom. The number of benzene rings is 1. The van der Waals surface area contributed by atoms with E-state index in [0.717, 1.165) is 5.56 Å². The van der Waals surface area contributed by atoms with Crippen molar-refractivity contribution in [2.75, 3.05) is 5.32 Å². The second kappa shape index (κ2) is 7.81. The monoisotopic (exact) mass is 312 g/mol. The van der Waals surface area contributed by atoms with Crippen LogP contribution in [0.3, 0.4) is 0 Å². The molecule has 1 heterocycles. The number of hydrogen-bond donors (Lipinski definition) is 2. The maximum atomic E-state index is 11.9. The highest BCUT2D eigenvalue weighted by Gasteiger charge is 2.08. The van der Waals surface area contributed by atoms with Gasteiger partial charge in [0.15, 0.2) is 0 Å². The molecule has 0 saturated heterocycles. The average molecular weight is 313 g/mol. The first kappa shape index (κ1) is 15.5. The van der Waals surface area contributed by atoms with Crippen LogP contribution in [0.4, 0.5) is 5.82 Å². The molecule has 0 radical (unpaired) electrons. The normalized spacial score (nSPS) is 10.6. The number of carbonyl (C=O) groups excluding carboxylic acids is 1. The lowest BCUT2D eigenvalue weighted by molar-refractivity contribution is -0.117. The van der Waals surface area contributed by atoms with Crippen molar-refractivity contribution >= 4 is 23.3 Å². The predicted molar refractivity (Wildman–Crippen MR) is 84.9 cm³/mol. The highest BCUT2D eigenvalue weighted by atomic mass is 35.5. The fourth-order valence-corrected chi connectivity index (χ4v) is 1.81. The molecular weight excluding hydrogens is 300 g/mol. The summed E-state index contributed by atoms with van der Waals surface area (Å²) < 4.78 is 0. The number of nitrogens with zero attached hydrogens (tertiary/aromatic N) is 2. The summed E-state index contributed by atoms with van der Waals surface area (Å²) in [5.74, 6) is -0.00279. The highest BCUT2D eigenvalue weighted by Crippen LogP contribution is 2.12. The van der Waals surface area contributed by atoms with Crippen molar-refractivity contribution in [2.45, 2.75) is 6.54 Å². The number of hydrogen-bond acceptors (Lipinski definition) is 4. The molecule has 0 fully saturated rings. The molecule has 0 unspecified atom stereocenters. The molecule has 0 aliphatic heterocycles. The summed E-state index contributed by atoms with van der Waals surface area (Å²) in [6, 6.07) is 14.5. The highest BCUT2D eigenvalue weighted by molar-refractivity contribution is 6.30. The van der Waals surface area contributed by atoms with E-state index >= 15 is 0 Å². The van der Waals surface area contributed by atoms with Gasteiger partial charge in [-0.3, -0.25) is 4.79 Å². The topological polar surface area (TPSA) is 77.8 Å². The molecule has 6 heteroatoms. The van der Waals surface area contributed by atoms with Crippen LogP contribution in [0.15, 0.2) is 60.4 Å². The van der Waals surface area contributed by atoms with Crippen molar-refractivity contribution in [3.63, 3.8) is 0 Å². The van der Waals surface area contributed by atoms with E-state index < -0.39 is 5.91 Å². The van der Waals surface area contributed by atoms with Gasteiger partial charge >= 0.3 is 0 Å². The first-order valence-corrected chi connectivity index (χ1v) is 6.87. The van der Waals surface area contributed by atoms with Crippen molar-refractivity contribution in [1.29, 1.82) is 5.26 Å². The molecule has 0 atom stereocenters. The van der Waals surface area contributed by atoms with Crippen molar-refractivity contribution in [3.8, 4) is 6.07 Å². The van der Waals surface area contributed by atoms with E-state index in [1.54, 1.807) is 12.1 Å². The Hall–Kier alpha value is -2.84. The number of rotatable bonds is 5. The fraction of sp³-hybridized carbons (Fsp3) is 0.0625. The van der Waals surface area contributed by atoms with Gasteiger partial charge in [0.1, 0.15) is 17.5 Å². The van der Waals surface area contributed by atoms with E-state index in [-0.39, 0.29) is 5.57 Å². The molecule has 0 aliphatic carbocycles. The Balaban J connectivity index is 1.97. The van der Waals surface area contributed by atoms with Gasteiger partial charge < -0.3 is 10.6 Å². The van der Waals surface area contributed by atoms with Crippen LogP contribution < -0.4 is 10.6 Å². The molecule has 0 aliphatic rings. The number of pyridine rings is 1. The zero-order chi connectivity index (χ0) is 15.8. The molecule has 22 heavy (non-hydrogen) atoms. The lowest BCUT2D eigenvalue weighted by Gasteiger charge is -2.05. The molecule has 0 bridgehead atoms. The van der Waals surface area contributed by atoms with E-state index in [2.05, 4.69) is 15.6 Å². The molecule has 2 N–H and O–H groups in total. The van der Waals surface area contributed by atoms with Gasteiger partial charge in [-0.05, 0) is 17.7 Å². The van der Waals surface area contributed by atoms with Crippen LogP contribution in [0.5, 0.6) is 0 Å². The smallest absolute Gasteiger partial charge is 0.263 e. The summed E-state index contributed by atoms with van der Waals surface area (Å²) in [5, 5.41) is 15.0. The average Bonchev–Trinajstić information content (AvgIpc) is 2.54. The predicted octanol–water partition coefficient (Wildman–Crippen LogP) is 2.87. The number of nitrogens with one attached hydrogen (secondary N) is 2. The summed E-state index contributed by atoms with van der Waals surface area (Å²) in [4.78, 5) is 16.0. The van der Waals surface area contributed by atoms with Crippen LogP contribution in [0, 0.1) is 11.3 Å². The molecule has 5 nitrogen and oxygen atoms in total. The van der Waals surface area contributed by atoms with Gasteiger partial charge in [0.05, 0.1) is 0 Å². The van der Waals surface area contributed by atoms with Crippen molar-refractivity contribution in [2.24, 2.45) is 0 Å². The van der Waals surface area contributed by atoms with Crippen molar-refractivity contribution in [1.82, 2.24) is 10.3 Å². The van der Waals surface area contributed by atoms with Gasteiger partial charge in [-0.25, -0.2) is 4.98 Å². The number of halogens is 1. The van der Waals surface area contributed by atoms with Crippen LogP contribution in [0.25, 0.3) is 0 Å². The maximum Gasteiger partial charge on any atom is 0.263 e. The Morgan fingerprint density at radius 3 is 2.77 bits per heavy atom. The second-order valence-corrected chi connectivity index (χ2v) is 4.78. The van der Waals surface area contributed by atoms with E-state index in [9.17, 15) is 4.79 Å². The maximum absolute atomic E-state index is 11.9. The van der Waals surface area contributed by atoms with Crippen LogP contribution in [0.1, 0.15) is 5.56 Å². The lowest BCUT2D eigenvalue weighted by atomic mass is 10.2. The molecule has 1 aromatic carbocycles. The minimum absolute atomic E-state index is 0.0438. The molecule has 1 amide bonds. The van der Waals surface area contributed by atoms with Gasteiger partial charge in [-0.2, -0.15) is 5.26 Å². The van der Waals surface area contributed by atoms with Crippen LogP contribution in [-0.4, -0.2) is 10.9 Å². The third kappa shape index (κ3) is 4.62. The van der Waals surface area contributed by atoms with Crippen molar-refractivity contribution in [3.05, 3.63) is 71.0 Å². The van der Waals surface area contributed by atoms with Gasteiger partial charge in [0, 0.05) is 24.0 Å². The Bertz CT molecular complexity index is 722. The zero-order valence-corrected chi connectivity index (χ0v) is 12.3. The van der Waals surface area contributed by atoms with Gasteiger partial charge in [-0.15, -0.1) is 0 Å². The van der Waals surface area contributed by atoms with Gasteiger partial charge in [-0.1, -0.05) is 41.9 Å². The number of aromatic nitrogens is 1. The molecular formula is C16H13ClN4O. The van der Waals surface area contributed by atoms with E-state index in [1.165, 1.54) is 12.4 Å². The van der Waals surface area contributed by atoms with E-state index in [4.69, 9.17) is 16.9 Å². The van der Waals surface area contributed by atoms with Gasteiger partial charge in [0.25, 0.3) is 5.91 Å². The van der Waals surface area contributed by atoms with Crippen LogP contribution in [0.2, 0.25) is 5.02 Å². The summed E-state index contributed by atoms with van der Waals surface area (Å²) in [6.07, 6.45) is 2.83. The quantitative estimate of drug-likeness (QED) is 0.657. The summed E-state index contributed by atoms with van der Waals surface area (Å²) in [7, 11) is 0. The minimum atomic E-state index is -0.458. The Morgan fingerprint density at radius 2 is 2.09 bits per heavy atom. The third-order valence-corrected chi connectivity index (χ3v) is 2.98. The SMILES string of the molecule is N#C/C(=C/Nc1cc(Cl)ccn1)C(=O)NCc1ccccc1. The van der Waals surface area contributed by atoms with Crippen molar-refractivity contribution < 1.29 is 4.79 Å². The Kier molecular flexibility index (Phi) is 5.52. The summed E-state index contributed by atoms with van der Waals surface area (Å²) in [6.45, 7) is 0.355. The standard InChI is InChI=1S/C16H13ClN4O/c17-14-6-7-19-15(8-14)20-11-13(9-18)16(22)21-10-12-4-2-1-3-5-12/h1-8,11H,10H2,(H,19,20)(H,21,22)/b13-11-. The summed E-state index contributed by atoms with van der Waals surface area (Å²) in [5.41, 5.74) is 0.912. The van der Waals surface area contributed by atoms with Crippen LogP contribution >= 0.6 is 11.6 Å². The number of anilines is 1. The van der Waals surface area contributed by atoms with E-state index in [1.807, 2.05) is 36.4 Å². The molecule has 0 saturated carbocycles. The largest absolute Gasteiger partial charge is 0.347 e. The number of nitriles is 1. The Labute approximate surface area is 133 Å². The minimum Gasteiger partial charge on any atom is -0.347 e. The number of carbonyl (C=O) groups is 1. The first-order chi connectivity index (χ1) is 10.7. The van der Waals surface area contributed by atoms with Crippen LogP contribution in [-0.2, 0) is 11.3 Å². The molecule has 0 spiro atoms. The third-order valence-electron chi connectivity index (χ3n) is 2.75. The molecule has 1 aromatic heterocycles. The summed E-state index contributed by atoms with van der Waals surface area (Å²) >= 11 is 5.83.